The van der Waals surface area contributed by atoms with Gasteiger partial charge in [0.05, 0.1) is 27.6 Å². The molecule has 23 aromatic rings. The lowest BCUT2D eigenvalue weighted by atomic mass is 9.67. The lowest BCUT2D eigenvalue weighted by molar-refractivity contribution is 0.766. The third-order valence-electron chi connectivity index (χ3n) is 28.6. The van der Waals surface area contributed by atoms with Crippen LogP contribution in [0.5, 0.6) is 0 Å². The predicted molar refractivity (Wildman–Crippen MR) is 567 cm³/mol. The van der Waals surface area contributed by atoms with Crippen molar-refractivity contribution in [2.75, 3.05) is 9.80 Å². The van der Waals surface area contributed by atoms with Crippen LogP contribution in [-0.4, -0.2) is 0 Å². The first-order valence-corrected chi connectivity index (χ1v) is 47.7. The van der Waals surface area contributed by atoms with Gasteiger partial charge in [0, 0.05) is 42.5 Å². The number of benzene rings is 23. The maximum absolute atomic E-state index is 3.65. The van der Waals surface area contributed by atoms with Gasteiger partial charge < -0.3 is 9.80 Å². The van der Waals surface area contributed by atoms with E-state index in [9.17, 15) is 0 Å². The smallest absolute Gasteiger partial charge is 0.0714 e. The molecule has 0 amide bonds. The maximum atomic E-state index is 3.65. The van der Waals surface area contributed by atoms with Crippen molar-refractivity contribution in [3.8, 4) is 33.4 Å². The molecule has 0 spiro atoms. The molecule has 0 saturated carbocycles. The van der Waals surface area contributed by atoms with Crippen LogP contribution in [0, 0.1) is 20.8 Å². The molecule has 3 aliphatic rings. The van der Waals surface area contributed by atoms with Gasteiger partial charge >= 0.3 is 0 Å². The molecular weight excluding hydrogens is 1740 g/mol. The van der Waals surface area contributed by atoms with Gasteiger partial charge in [-0.1, -0.05) is 444 Å². The molecule has 0 atom stereocenters. The molecule has 630 valence electrons. The van der Waals surface area contributed by atoms with Gasteiger partial charge in [0.25, 0.3) is 0 Å². The molecule has 2 nitrogen and oxygen atoms in total. The van der Waals surface area contributed by atoms with E-state index in [1.165, 1.54) is 193 Å². The molecule has 4 heteroatoms. The summed E-state index contributed by atoms with van der Waals surface area (Å²) in [5.41, 5.74) is 35.0. The zero-order valence-electron chi connectivity index (χ0n) is 74.0. The minimum Gasteiger partial charge on any atom is -0.310 e. The molecule has 0 N–H and O–H groups in total. The summed E-state index contributed by atoms with van der Waals surface area (Å²) in [5, 5.41) is 15.2. The van der Waals surface area contributed by atoms with Crippen molar-refractivity contribution in [1.29, 1.82) is 0 Å². The van der Waals surface area contributed by atoms with Gasteiger partial charge in [-0.2, -0.15) is 0 Å². The van der Waals surface area contributed by atoms with E-state index in [2.05, 4.69) is 542 Å². The quantitative estimate of drug-likeness (QED) is 0.100. The fourth-order valence-corrected chi connectivity index (χ4v) is 24.1. The van der Waals surface area contributed by atoms with E-state index in [0.29, 0.717) is 0 Å². The van der Waals surface area contributed by atoms with Gasteiger partial charge in [-0.3, -0.25) is 0 Å². The minimum absolute atomic E-state index is 0.322. The Morgan fingerprint density at radius 2 is 0.444 bits per heavy atom. The Labute approximate surface area is 793 Å². The highest BCUT2D eigenvalue weighted by atomic mass is 79.9. The minimum atomic E-state index is -0.543. The van der Waals surface area contributed by atoms with E-state index in [1.54, 1.807) is 0 Å². The number of fused-ring (bicyclic) bond motifs is 9. The normalized spacial score (nSPS) is 13.2. The number of hydrogen-bond acceptors (Lipinski definition) is 2. The molecule has 0 fully saturated rings. The van der Waals surface area contributed by atoms with E-state index in [-0.39, 0.29) is 5.41 Å². The fraction of sp³-hybridized carbons (Fsp3) is 0.0543. The molecule has 0 unspecified atom stereocenters. The summed E-state index contributed by atoms with van der Waals surface area (Å²) in [7, 11) is 0. The highest BCUT2D eigenvalue weighted by Crippen LogP contribution is 2.61. The van der Waals surface area contributed by atoms with Crippen LogP contribution in [-0.2, 0) is 22.7 Å². The standard InChI is InChI=1S/C80H56N2.C33H26.C16H8Br2/c1-53-21-17-29-61(49-53)81(63-31-19-27-59(51-63)79(57-23-5-3-6-24-57)71-37-13-9-33-65(71)66-34-10-14-38-72(66)79)75-47-43-55-42-46-70-76(48-44-56-41-45-69(75)77(55)78(56)70)82(62-30-18-22-54(2)50-62)64-32-20-28-60(52-64)80(58-25-7-4-8-26-58)73-39-15-11-35-67(73)68-36-12-16-40-74(68)80;1-24-11-9-12-25(21-24)22-26-13-10-16-28(23-26)33(27-14-3-2-4-15-27)31-19-7-5-17-29(31)30-18-6-8-20-32(30)33;17-13-8-4-10-2-6-12-14(18)7-3-9-1-5-11(13)16(10)15(9)12/h3-52H,1-2H3;2-21,23H,22H2,1H3;1-8H. The van der Waals surface area contributed by atoms with Crippen LogP contribution in [0.1, 0.15) is 94.6 Å². The molecule has 0 heterocycles. The number of anilines is 6. The molecule has 0 aromatic heterocycles. The van der Waals surface area contributed by atoms with Crippen molar-refractivity contribution < 1.29 is 0 Å². The first-order valence-electron chi connectivity index (χ1n) is 46.1. The van der Waals surface area contributed by atoms with Crippen LogP contribution < -0.4 is 9.80 Å². The SMILES string of the molecule is Brc1ccc2ccc3c(Br)ccc4ccc1c2c43.Cc1cccc(Cc2cccc(C3(c4ccccc4)c4ccccc4-c4ccccc43)c2)c1.Cc1cccc(N(c2cccc(C3(c4ccccc4)c4ccccc4-c4ccccc43)c2)c2ccc3ccc4c(N(c5cccc(C)c5)c5cccc(C6(c7ccccc7)c7ccccc7-c7ccccc76)c5)ccc5ccc2c3c54)c1. The van der Waals surface area contributed by atoms with Crippen LogP contribution in [0.15, 0.2) is 488 Å². The van der Waals surface area contributed by atoms with Crippen molar-refractivity contribution in [2.24, 2.45) is 0 Å². The van der Waals surface area contributed by atoms with Gasteiger partial charge in [0.15, 0.2) is 0 Å². The predicted octanol–water partition coefficient (Wildman–Crippen LogP) is 34.9. The summed E-state index contributed by atoms with van der Waals surface area (Å²) in [4.78, 5) is 5.00. The van der Waals surface area contributed by atoms with E-state index < -0.39 is 10.8 Å². The molecule has 26 rings (SSSR count). The number of rotatable bonds is 14. The summed E-state index contributed by atoms with van der Waals surface area (Å²) in [5.74, 6) is 0. The third kappa shape index (κ3) is 13.1. The van der Waals surface area contributed by atoms with Gasteiger partial charge in [-0.05, 0) is 276 Å². The maximum Gasteiger partial charge on any atom is 0.0714 e. The summed E-state index contributed by atoms with van der Waals surface area (Å²) in [6, 6.07) is 178. The Hall–Kier alpha value is -15.3. The zero-order valence-corrected chi connectivity index (χ0v) is 77.1. The van der Waals surface area contributed by atoms with Crippen molar-refractivity contribution >= 4 is 131 Å². The number of hydrogen-bond donors (Lipinski definition) is 0. The van der Waals surface area contributed by atoms with Crippen molar-refractivity contribution in [3.05, 3.63) is 583 Å². The Kier molecular flexibility index (Phi) is 20.1. The summed E-state index contributed by atoms with van der Waals surface area (Å²) in [6.07, 6.45) is 0.934. The molecule has 0 aliphatic heterocycles. The summed E-state index contributed by atoms with van der Waals surface area (Å²) >= 11 is 7.30. The van der Waals surface area contributed by atoms with Crippen LogP contribution in [0.25, 0.3) is 98.0 Å². The highest BCUT2D eigenvalue weighted by Gasteiger charge is 2.49. The molecule has 0 bridgehead atoms. The lowest BCUT2D eigenvalue weighted by Gasteiger charge is -2.35. The molecule has 3 aliphatic carbocycles. The molecular formula is C129H90Br2N2. The second kappa shape index (κ2) is 33.0. The highest BCUT2D eigenvalue weighted by molar-refractivity contribution is 9.11. The average molecular weight is 1830 g/mol. The van der Waals surface area contributed by atoms with E-state index in [0.717, 1.165) is 49.5 Å². The largest absolute Gasteiger partial charge is 0.310 e. The Bertz CT molecular complexity index is 7940. The summed E-state index contributed by atoms with van der Waals surface area (Å²) in [6.45, 7) is 6.56. The topological polar surface area (TPSA) is 6.48 Å². The Morgan fingerprint density at radius 1 is 0.195 bits per heavy atom. The van der Waals surface area contributed by atoms with Crippen LogP contribution in [0.2, 0.25) is 0 Å². The van der Waals surface area contributed by atoms with Gasteiger partial charge in [0.1, 0.15) is 0 Å². The van der Waals surface area contributed by atoms with Gasteiger partial charge in [-0.15, -0.1) is 0 Å². The third-order valence-corrected chi connectivity index (χ3v) is 30.0. The van der Waals surface area contributed by atoms with Crippen molar-refractivity contribution in [3.63, 3.8) is 0 Å². The van der Waals surface area contributed by atoms with Crippen molar-refractivity contribution in [1.82, 2.24) is 0 Å². The Morgan fingerprint density at radius 3 is 0.782 bits per heavy atom. The number of aryl methyl sites for hydroxylation is 3. The number of nitrogens with zero attached hydrogens (tertiary/aromatic N) is 2. The number of halogens is 2. The van der Waals surface area contributed by atoms with E-state index in [1.807, 2.05) is 0 Å². The second-order valence-corrected chi connectivity index (χ2v) is 37.8. The first kappa shape index (κ1) is 81.0. The molecule has 133 heavy (non-hydrogen) atoms. The van der Waals surface area contributed by atoms with Crippen LogP contribution in [0.4, 0.5) is 34.1 Å². The molecule has 0 saturated heterocycles. The first-order chi connectivity index (χ1) is 65.5. The lowest BCUT2D eigenvalue weighted by Crippen LogP contribution is -2.28. The Balaban J connectivity index is 0.000000154. The van der Waals surface area contributed by atoms with Crippen LogP contribution >= 0.6 is 31.9 Å². The molecule has 23 aromatic carbocycles. The summed E-state index contributed by atoms with van der Waals surface area (Å²) < 4.78 is 2.31. The van der Waals surface area contributed by atoms with Gasteiger partial charge in [0.2, 0.25) is 0 Å². The molecule has 0 radical (unpaired) electrons. The zero-order chi connectivity index (χ0) is 89.0. The van der Waals surface area contributed by atoms with Crippen LogP contribution in [0.3, 0.4) is 0 Å². The van der Waals surface area contributed by atoms with Crippen molar-refractivity contribution in [2.45, 2.75) is 43.4 Å². The second-order valence-electron chi connectivity index (χ2n) is 36.0. The van der Waals surface area contributed by atoms with E-state index >= 15 is 0 Å². The average Bonchev–Trinajstić information content (AvgIpc) is 1.57. The van der Waals surface area contributed by atoms with Gasteiger partial charge in [-0.25, -0.2) is 0 Å². The van der Waals surface area contributed by atoms with E-state index in [4.69, 9.17) is 0 Å². The monoisotopic (exact) mass is 1820 g/mol. The fourth-order valence-electron chi connectivity index (χ4n) is 23.1.